The SMILES string of the molecule is CC1(C)C(=O)Nc2cc(Br)cnc21. The van der Waals surface area contributed by atoms with Crippen LogP contribution in [0.4, 0.5) is 5.69 Å². The predicted octanol–water partition coefficient (Wildman–Crippen LogP) is 2.07. The Morgan fingerprint density at radius 3 is 2.92 bits per heavy atom. The van der Waals surface area contributed by atoms with Crippen LogP contribution in [0.15, 0.2) is 16.7 Å². The molecule has 4 heteroatoms. The number of anilines is 1. The quantitative estimate of drug-likeness (QED) is 0.755. The van der Waals surface area contributed by atoms with Crippen molar-refractivity contribution in [1.82, 2.24) is 4.98 Å². The second kappa shape index (κ2) is 2.54. The fourth-order valence-corrected chi connectivity index (χ4v) is 1.75. The number of carbonyl (C=O) groups is 1. The van der Waals surface area contributed by atoms with E-state index in [4.69, 9.17) is 0 Å². The minimum Gasteiger partial charge on any atom is -0.324 e. The molecule has 0 fully saturated rings. The fraction of sp³-hybridized carbons (Fsp3) is 0.333. The lowest BCUT2D eigenvalue weighted by Gasteiger charge is -2.12. The van der Waals surface area contributed by atoms with Gasteiger partial charge in [0.05, 0.1) is 16.8 Å². The Kier molecular flexibility index (Phi) is 1.70. The molecule has 1 N–H and O–H groups in total. The Labute approximate surface area is 84.7 Å². The molecule has 2 rings (SSSR count). The number of amides is 1. The number of aromatic nitrogens is 1. The normalized spacial score (nSPS) is 18.2. The zero-order valence-electron chi connectivity index (χ0n) is 7.39. The highest BCUT2D eigenvalue weighted by molar-refractivity contribution is 9.10. The molecule has 0 saturated carbocycles. The van der Waals surface area contributed by atoms with Crippen molar-refractivity contribution in [3.63, 3.8) is 0 Å². The van der Waals surface area contributed by atoms with Crippen LogP contribution in [0.1, 0.15) is 19.5 Å². The van der Waals surface area contributed by atoms with Crippen LogP contribution in [0.2, 0.25) is 0 Å². The number of hydrogen-bond donors (Lipinski definition) is 1. The number of halogens is 1. The van der Waals surface area contributed by atoms with Crippen molar-refractivity contribution in [3.8, 4) is 0 Å². The van der Waals surface area contributed by atoms with E-state index in [1.54, 1.807) is 6.20 Å². The summed E-state index contributed by atoms with van der Waals surface area (Å²) in [6.45, 7) is 3.74. The van der Waals surface area contributed by atoms with Crippen LogP contribution >= 0.6 is 15.9 Å². The van der Waals surface area contributed by atoms with E-state index < -0.39 is 5.41 Å². The van der Waals surface area contributed by atoms with Gasteiger partial charge in [0.2, 0.25) is 5.91 Å². The molecule has 0 unspecified atom stereocenters. The number of rotatable bonds is 0. The molecule has 68 valence electrons. The minimum absolute atomic E-state index is 0.00750. The highest BCUT2D eigenvalue weighted by Gasteiger charge is 2.39. The molecule has 0 saturated heterocycles. The lowest BCUT2D eigenvalue weighted by molar-refractivity contribution is -0.119. The van der Waals surface area contributed by atoms with Gasteiger partial charge >= 0.3 is 0 Å². The van der Waals surface area contributed by atoms with Crippen molar-refractivity contribution in [2.24, 2.45) is 0 Å². The lowest BCUT2D eigenvalue weighted by atomic mass is 9.90. The summed E-state index contributed by atoms with van der Waals surface area (Å²) in [6, 6.07) is 1.87. The first-order valence-corrected chi connectivity index (χ1v) is 4.78. The van der Waals surface area contributed by atoms with E-state index in [1.165, 1.54) is 0 Å². The van der Waals surface area contributed by atoms with Crippen LogP contribution in [0.5, 0.6) is 0 Å². The number of nitrogens with zero attached hydrogens (tertiary/aromatic N) is 1. The largest absolute Gasteiger partial charge is 0.324 e. The summed E-state index contributed by atoms with van der Waals surface area (Å²) in [5.41, 5.74) is 1.13. The molecule has 0 atom stereocenters. The zero-order chi connectivity index (χ0) is 9.64. The predicted molar refractivity (Wildman–Crippen MR) is 53.6 cm³/mol. The molecule has 1 aliphatic rings. The Hall–Kier alpha value is -0.900. The molecule has 0 aromatic carbocycles. The van der Waals surface area contributed by atoms with Gasteiger partial charge in [-0.3, -0.25) is 9.78 Å². The number of fused-ring (bicyclic) bond motifs is 1. The molecular weight excluding hydrogens is 232 g/mol. The van der Waals surface area contributed by atoms with Crippen LogP contribution in [0.25, 0.3) is 0 Å². The van der Waals surface area contributed by atoms with Crippen molar-refractivity contribution in [2.45, 2.75) is 19.3 Å². The van der Waals surface area contributed by atoms with Gasteiger partial charge in [0.25, 0.3) is 0 Å². The van der Waals surface area contributed by atoms with Gasteiger partial charge < -0.3 is 5.32 Å². The number of hydrogen-bond acceptors (Lipinski definition) is 2. The Balaban J connectivity index is 2.62. The van der Waals surface area contributed by atoms with Gasteiger partial charge in [0.1, 0.15) is 0 Å². The van der Waals surface area contributed by atoms with Crippen LogP contribution < -0.4 is 5.32 Å². The van der Waals surface area contributed by atoms with E-state index in [9.17, 15) is 4.79 Å². The molecule has 0 aliphatic carbocycles. The molecule has 1 aromatic rings. The Morgan fingerprint density at radius 1 is 1.54 bits per heavy atom. The first kappa shape index (κ1) is 8.69. The molecule has 1 amide bonds. The van der Waals surface area contributed by atoms with Gasteiger partial charge in [-0.25, -0.2) is 0 Å². The van der Waals surface area contributed by atoms with E-state index in [0.717, 1.165) is 15.9 Å². The van der Waals surface area contributed by atoms with E-state index in [0.29, 0.717) is 0 Å². The van der Waals surface area contributed by atoms with Crippen molar-refractivity contribution >= 4 is 27.5 Å². The highest BCUT2D eigenvalue weighted by Crippen LogP contribution is 2.36. The van der Waals surface area contributed by atoms with Crippen LogP contribution in [0, 0.1) is 0 Å². The summed E-state index contributed by atoms with van der Waals surface area (Å²) in [6.07, 6.45) is 1.71. The molecule has 13 heavy (non-hydrogen) atoms. The third kappa shape index (κ3) is 1.16. The summed E-state index contributed by atoms with van der Waals surface area (Å²) >= 11 is 3.31. The van der Waals surface area contributed by atoms with Gasteiger partial charge in [-0.1, -0.05) is 0 Å². The maximum absolute atomic E-state index is 11.5. The van der Waals surface area contributed by atoms with Crippen molar-refractivity contribution in [2.75, 3.05) is 5.32 Å². The summed E-state index contributed by atoms with van der Waals surface area (Å²) in [5, 5.41) is 2.80. The highest BCUT2D eigenvalue weighted by atomic mass is 79.9. The third-order valence-electron chi connectivity index (χ3n) is 2.26. The molecular formula is C9H9BrN2O. The standard InChI is InChI=1S/C9H9BrN2O/c1-9(2)7-6(12-8(9)13)3-5(10)4-11-7/h3-4H,1-2H3,(H,12,13). The van der Waals surface area contributed by atoms with E-state index in [2.05, 4.69) is 26.2 Å². The van der Waals surface area contributed by atoms with Crippen molar-refractivity contribution in [1.29, 1.82) is 0 Å². The molecule has 0 bridgehead atoms. The molecule has 3 nitrogen and oxygen atoms in total. The van der Waals surface area contributed by atoms with Crippen molar-refractivity contribution < 1.29 is 4.79 Å². The summed E-state index contributed by atoms with van der Waals surface area (Å²) in [7, 11) is 0. The van der Waals surface area contributed by atoms with Crippen LogP contribution in [-0.4, -0.2) is 10.9 Å². The van der Waals surface area contributed by atoms with Crippen LogP contribution in [0.3, 0.4) is 0 Å². The fourth-order valence-electron chi connectivity index (χ4n) is 1.42. The van der Waals surface area contributed by atoms with Gasteiger partial charge in [-0.15, -0.1) is 0 Å². The zero-order valence-corrected chi connectivity index (χ0v) is 8.97. The summed E-state index contributed by atoms with van der Waals surface area (Å²) in [4.78, 5) is 15.7. The number of nitrogens with one attached hydrogen (secondary N) is 1. The Morgan fingerprint density at radius 2 is 2.23 bits per heavy atom. The summed E-state index contributed by atoms with van der Waals surface area (Å²) in [5.74, 6) is 0.00750. The Bertz CT molecular complexity index is 387. The average molecular weight is 241 g/mol. The van der Waals surface area contributed by atoms with E-state index in [1.807, 2.05) is 19.9 Å². The lowest BCUT2D eigenvalue weighted by Crippen LogP contribution is -2.27. The van der Waals surface area contributed by atoms with Gasteiger partial charge in [0, 0.05) is 10.7 Å². The number of pyridine rings is 1. The van der Waals surface area contributed by atoms with Crippen LogP contribution in [-0.2, 0) is 10.2 Å². The van der Waals surface area contributed by atoms with Gasteiger partial charge in [-0.05, 0) is 35.8 Å². The molecule has 2 heterocycles. The maximum Gasteiger partial charge on any atom is 0.236 e. The molecule has 0 spiro atoms. The topological polar surface area (TPSA) is 42.0 Å². The first-order chi connectivity index (χ1) is 6.01. The van der Waals surface area contributed by atoms with E-state index >= 15 is 0 Å². The summed E-state index contributed by atoms with van der Waals surface area (Å²) < 4.78 is 0.879. The third-order valence-corrected chi connectivity index (χ3v) is 2.70. The second-order valence-corrected chi connectivity index (χ2v) is 4.54. The first-order valence-electron chi connectivity index (χ1n) is 3.99. The average Bonchev–Trinajstić information content (AvgIpc) is 2.23. The van der Waals surface area contributed by atoms with Gasteiger partial charge in [0.15, 0.2) is 0 Å². The maximum atomic E-state index is 11.5. The molecule has 1 aromatic heterocycles. The molecule has 0 radical (unpaired) electrons. The molecule has 1 aliphatic heterocycles. The smallest absolute Gasteiger partial charge is 0.236 e. The number of carbonyl (C=O) groups excluding carboxylic acids is 1. The van der Waals surface area contributed by atoms with Crippen molar-refractivity contribution in [3.05, 3.63) is 22.4 Å². The van der Waals surface area contributed by atoms with E-state index in [-0.39, 0.29) is 5.91 Å². The monoisotopic (exact) mass is 240 g/mol. The minimum atomic E-state index is -0.504. The second-order valence-electron chi connectivity index (χ2n) is 3.63. The van der Waals surface area contributed by atoms with Gasteiger partial charge in [-0.2, -0.15) is 0 Å².